The van der Waals surface area contributed by atoms with Gasteiger partial charge in [0.2, 0.25) is 10.0 Å². The number of hydrogen-bond donors (Lipinski definition) is 1. The molecule has 2 aromatic rings. The molecule has 3 rings (SSSR count). The summed E-state index contributed by atoms with van der Waals surface area (Å²) in [6.07, 6.45) is 2.69. The van der Waals surface area contributed by atoms with Crippen molar-refractivity contribution in [1.29, 1.82) is 0 Å². The normalized spacial score (nSPS) is 14.5. The number of aromatic nitrogens is 1. The van der Waals surface area contributed by atoms with Crippen LogP contribution >= 0.6 is 0 Å². The summed E-state index contributed by atoms with van der Waals surface area (Å²) >= 11 is 0. The number of anilines is 1. The fourth-order valence-corrected chi connectivity index (χ4v) is 5.86. The first-order valence-corrected chi connectivity index (χ1v) is 14.6. The third-order valence-corrected chi connectivity index (χ3v) is 8.10. The van der Waals surface area contributed by atoms with Gasteiger partial charge >= 0.3 is 11.9 Å². The maximum Gasteiger partial charge on any atom is 0.359 e. The minimum atomic E-state index is -3.62. The van der Waals surface area contributed by atoms with E-state index in [0.717, 1.165) is 18.4 Å². The summed E-state index contributed by atoms with van der Waals surface area (Å²) in [4.78, 5) is 42.1. The van der Waals surface area contributed by atoms with Crippen LogP contribution in [0.3, 0.4) is 0 Å². The Morgan fingerprint density at radius 2 is 1.72 bits per heavy atom. The Hall–Kier alpha value is -3.38. The van der Waals surface area contributed by atoms with Crippen LogP contribution < -0.4 is 5.32 Å². The summed E-state index contributed by atoms with van der Waals surface area (Å²) in [6.45, 7) is 4.30. The quantitative estimate of drug-likeness (QED) is 0.272. The Morgan fingerprint density at radius 3 is 2.36 bits per heavy atom. The molecule has 1 fully saturated rings. The molecule has 0 amide bonds. The van der Waals surface area contributed by atoms with Crippen LogP contribution in [0.1, 0.15) is 61.1 Å². The third-order valence-electron chi connectivity index (χ3n) is 6.20. The predicted octanol–water partition coefficient (Wildman–Crippen LogP) is 3.11. The molecule has 1 aromatic heterocycles. The number of Topliss-reactive ketones (excluding diaryl/α,β-unsaturated/α-hetero) is 1. The van der Waals surface area contributed by atoms with Crippen molar-refractivity contribution in [2.45, 2.75) is 52.0 Å². The topological polar surface area (TPSA) is 132 Å². The second kappa shape index (κ2) is 14.1. The number of halogens is 1. The number of hydrogen-bond acceptors (Lipinski definition) is 9. The van der Waals surface area contributed by atoms with Crippen LogP contribution in [-0.4, -0.2) is 73.5 Å². The second-order valence-electron chi connectivity index (χ2n) is 9.12. The summed E-state index contributed by atoms with van der Waals surface area (Å²) in [5.74, 6) is -2.73. The molecule has 10 nitrogen and oxygen atoms in total. The Kier molecular flexibility index (Phi) is 10.9. The molecule has 212 valence electrons. The number of carbonyl (C=O) groups excluding carboxylic acids is 3. The molecule has 1 N–H and O–H groups in total. The summed E-state index contributed by atoms with van der Waals surface area (Å²) in [6, 6.07) is 6.40. The van der Waals surface area contributed by atoms with Crippen molar-refractivity contribution < 1.29 is 36.7 Å². The molecule has 2 heterocycles. The van der Waals surface area contributed by atoms with Gasteiger partial charge in [-0.2, -0.15) is 0 Å². The van der Waals surface area contributed by atoms with Crippen LogP contribution in [0.4, 0.5) is 10.1 Å². The van der Waals surface area contributed by atoms with E-state index in [1.165, 1.54) is 22.6 Å². The summed E-state index contributed by atoms with van der Waals surface area (Å²) in [7, 11) is -3.62. The van der Waals surface area contributed by atoms with Crippen molar-refractivity contribution in [2.24, 2.45) is 0 Å². The van der Waals surface area contributed by atoms with Gasteiger partial charge in [0, 0.05) is 19.3 Å². The first-order valence-electron chi connectivity index (χ1n) is 13.0. The van der Waals surface area contributed by atoms with Crippen molar-refractivity contribution in [3.05, 3.63) is 59.2 Å². The van der Waals surface area contributed by atoms with Crippen molar-refractivity contribution in [3.63, 3.8) is 0 Å². The van der Waals surface area contributed by atoms with E-state index in [9.17, 15) is 27.2 Å². The zero-order valence-corrected chi connectivity index (χ0v) is 23.0. The first kappa shape index (κ1) is 30.2. The Labute approximate surface area is 227 Å². The van der Waals surface area contributed by atoms with E-state index in [0.29, 0.717) is 25.1 Å². The summed E-state index contributed by atoms with van der Waals surface area (Å²) in [5.41, 5.74) is 1.52. The van der Waals surface area contributed by atoms with Gasteiger partial charge in [-0.3, -0.25) is 9.59 Å². The number of carbonyl (C=O) groups is 3. The third kappa shape index (κ3) is 8.82. The van der Waals surface area contributed by atoms with E-state index in [1.54, 1.807) is 32.0 Å². The second-order valence-corrected chi connectivity index (χ2v) is 11.2. The highest BCUT2D eigenvalue weighted by Crippen LogP contribution is 2.22. The van der Waals surface area contributed by atoms with Crippen LogP contribution in [0, 0.1) is 5.82 Å². The number of nitrogens with one attached hydrogen (secondary N) is 1. The van der Waals surface area contributed by atoms with Crippen molar-refractivity contribution in [1.82, 2.24) is 9.29 Å². The van der Waals surface area contributed by atoms with Crippen molar-refractivity contribution >= 4 is 33.4 Å². The molecule has 1 saturated heterocycles. The standard InChI is InChI=1S/C27H34FN3O7S/c1-3-37-25(33)17-24(32)22(11-14-39(35,36)31-12-5-6-13-31)30-23-16-20(15-19-7-9-21(28)10-8-19)18-29-26(23)27(34)38-4-2/h7-10,16,18,22,30H,3-6,11-15,17H2,1-2H3. The number of benzene rings is 1. The van der Waals surface area contributed by atoms with E-state index in [1.807, 2.05) is 0 Å². The van der Waals surface area contributed by atoms with Crippen LogP contribution in [0.25, 0.3) is 0 Å². The Balaban J connectivity index is 1.90. The average Bonchev–Trinajstić information content (AvgIpc) is 3.44. The Bertz CT molecular complexity index is 1260. The number of pyridine rings is 1. The van der Waals surface area contributed by atoms with Gasteiger partial charge in [0.1, 0.15) is 12.2 Å². The first-order chi connectivity index (χ1) is 18.6. The predicted molar refractivity (Wildman–Crippen MR) is 142 cm³/mol. The lowest BCUT2D eigenvalue weighted by Gasteiger charge is -2.22. The van der Waals surface area contributed by atoms with Gasteiger partial charge in [-0.15, -0.1) is 0 Å². The molecule has 39 heavy (non-hydrogen) atoms. The van der Waals surface area contributed by atoms with E-state index in [2.05, 4.69) is 10.3 Å². The number of rotatable bonds is 14. The maximum atomic E-state index is 13.3. The molecule has 1 aromatic carbocycles. The van der Waals surface area contributed by atoms with Crippen molar-refractivity contribution in [3.8, 4) is 0 Å². The lowest BCUT2D eigenvalue weighted by Crippen LogP contribution is -2.37. The molecule has 1 aliphatic heterocycles. The van der Waals surface area contributed by atoms with Crippen molar-refractivity contribution in [2.75, 3.05) is 37.4 Å². The molecule has 0 aliphatic carbocycles. The number of esters is 2. The molecule has 0 radical (unpaired) electrons. The minimum Gasteiger partial charge on any atom is -0.466 e. The van der Waals surface area contributed by atoms with Gasteiger partial charge in [0.15, 0.2) is 11.5 Å². The molecule has 1 aliphatic rings. The highest BCUT2D eigenvalue weighted by atomic mass is 32.2. The van der Waals surface area contributed by atoms with E-state index < -0.39 is 40.2 Å². The molecule has 1 unspecified atom stereocenters. The lowest BCUT2D eigenvalue weighted by molar-refractivity contribution is -0.145. The largest absolute Gasteiger partial charge is 0.466 e. The molecule has 1 atom stereocenters. The molecule has 0 spiro atoms. The zero-order chi connectivity index (χ0) is 28.4. The van der Waals surface area contributed by atoms with Gasteiger partial charge < -0.3 is 14.8 Å². The van der Waals surface area contributed by atoms with E-state index in [4.69, 9.17) is 9.47 Å². The van der Waals surface area contributed by atoms with Crippen LogP contribution in [0.5, 0.6) is 0 Å². The lowest BCUT2D eigenvalue weighted by atomic mass is 10.0. The van der Waals surface area contributed by atoms with Gasteiger partial charge in [0.25, 0.3) is 0 Å². The number of sulfonamides is 1. The molecule has 0 bridgehead atoms. The molecule has 12 heteroatoms. The van der Waals surface area contributed by atoms with Gasteiger partial charge in [-0.25, -0.2) is 26.9 Å². The molecular weight excluding hydrogens is 529 g/mol. The molecule has 0 saturated carbocycles. The number of nitrogens with zero attached hydrogens (tertiary/aromatic N) is 2. The average molecular weight is 564 g/mol. The SMILES string of the molecule is CCOC(=O)CC(=O)C(CCS(=O)(=O)N1CCCC1)Nc1cc(Cc2ccc(F)cc2)cnc1C(=O)OCC. The van der Waals surface area contributed by atoms with E-state index in [-0.39, 0.29) is 42.6 Å². The Morgan fingerprint density at radius 1 is 1.05 bits per heavy atom. The van der Waals surface area contributed by atoms with Crippen LogP contribution in [-0.2, 0) is 35.5 Å². The van der Waals surface area contributed by atoms with Gasteiger partial charge in [-0.1, -0.05) is 12.1 Å². The maximum absolute atomic E-state index is 13.3. The number of ketones is 1. The van der Waals surface area contributed by atoms with Gasteiger partial charge in [-0.05, 0) is 68.9 Å². The molecular formula is C27H34FN3O7S. The van der Waals surface area contributed by atoms with E-state index >= 15 is 0 Å². The zero-order valence-electron chi connectivity index (χ0n) is 22.2. The number of ether oxygens (including phenoxy) is 2. The summed E-state index contributed by atoms with van der Waals surface area (Å²) in [5, 5.41) is 2.97. The minimum absolute atomic E-state index is 0.0870. The monoisotopic (exact) mass is 563 g/mol. The smallest absolute Gasteiger partial charge is 0.359 e. The van der Waals surface area contributed by atoms with Crippen LogP contribution in [0.2, 0.25) is 0 Å². The van der Waals surface area contributed by atoms with Gasteiger partial charge in [0.05, 0.1) is 30.7 Å². The van der Waals surface area contributed by atoms with Crippen LogP contribution in [0.15, 0.2) is 36.5 Å². The highest BCUT2D eigenvalue weighted by molar-refractivity contribution is 7.89. The highest BCUT2D eigenvalue weighted by Gasteiger charge is 2.30. The fourth-order valence-electron chi connectivity index (χ4n) is 4.26. The fraction of sp³-hybridized carbons (Fsp3) is 0.481. The summed E-state index contributed by atoms with van der Waals surface area (Å²) < 4.78 is 50.5.